The van der Waals surface area contributed by atoms with Gasteiger partial charge in [-0.2, -0.15) is 0 Å². The van der Waals surface area contributed by atoms with Gasteiger partial charge in [-0.1, -0.05) is 48.9 Å². The van der Waals surface area contributed by atoms with E-state index >= 15 is 0 Å². The van der Waals surface area contributed by atoms with Crippen molar-refractivity contribution in [2.45, 2.75) is 65.3 Å². The molecule has 8 heteroatoms. The minimum atomic E-state index is -0.0535. The maximum Gasteiger partial charge on any atom is 0.252 e. The van der Waals surface area contributed by atoms with Gasteiger partial charge < -0.3 is 9.72 Å². The Balaban J connectivity index is 1.49. The van der Waals surface area contributed by atoms with Crippen molar-refractivity contribution in [3.63, 3.8) is 0 Å². The topological polar surface area (TPSA) is 88.9 Å². The molecule has 1 saturated heterocycles. The lowest BCUT2D eigenvalue weighted by Gasteiger charge is -2.32. The first-order valence-corrected chi connectivity index (χ1v) is 12.8. The number of hydrogen-bond acceptors (Lipinski definition) is 6. The van der Waals surface area contributed by atoms with Crippen molar-refractivity contribution in [3.05, 3.63) is 87.0 Å². The van der Waals surface area contributed by atoms with Gasteiger partial charge in [0, 0.05) is 25.3 Å². The third kappa shape index (κ3) is 5.24. The highest BCUT2D eigenvalue weighted by Gasteiger charge is 2.29. The van der Waals surface area contributed by atoms with E-state index in [1.54, 1.807) is 0 Å². The van der Waals surface area contributed by atoms with Crippen LogP contribution in [0.5, 0.6) is 0 Å². The molecule has 36 heavy (non-hydrogen) atoms. The van der Waals surface area contributed by atoms with Crippen LogP contribution in [0, 0.1) is 13.8 Å². The van der Waals surface area contributed by atoms with Crippen molar-refractivity contribution in [2.24, 2.45) is 0 Å². The van der Waals surface area contributed by atoms with Crippen LogP contribution in [0.4, 0.5) is 0 Å². The fourth-order valence-electron chi connectivity index (χ4n) is 5.34. The summed E-state index contributed by atoms with van der Waals surface area (Å²) in [6.07, 6.45) is 3.04. The molecule has 0 saturated carbocycles. The van der Waals surface area contributed by atoms with Crippen LogP contribution < -0.4 is 5.56 Å². The second-order valence-electron chi connectivity index (χ2n) is 9.84. The number of rotatable bonds is 9. The number of fused-ring (bicyclic) bond motifs is 1. The average molecular weight is 487 g/mol. The summed E-state index contributed by atoms with van der Waals surface area (Å²) in [5.41, 5.74) is 5.00. The summed E-state index contributed by atoms with van der Waals surface area (Å²) in [6, 6.07) is 16.4. The Morgan fingerprint density at radius 1 is 1.19 bits per heavy atom. The van der Waals surface area contributed by atoms with E-state index < -0.39 is 0 Å². The Hall–Kier alpha value is -3.36. The number of aromatic amines is 1. The molecule has 0 radical (unpaired) electrons. The van der Waals surface area contributed by atoms with Gasteiger partial charge in [0.25, 0.3) is 5.56 Å². The molecular formula is C28H34N6O2. The fraction of sp³-hybridized carbons (Fsp3) is 0.429. The SMILES string of the molecule is CC[C@H](c1nnnn1Cc1ccccc1)N(Cc1cc2cc(C)cc(C)c2[nH]c1=O)C[C@@H]1CCCO1. The minimum absolute atomic E-state index is 0.0504. The Bertz CT molecular complexity index is 1370. The van der Waals surface area contributed by atoms with Gasteiger partial charge in [0.2, 0.25) is 0 Å². The number of benzene rings is 2. The van der Waals surface area contributed by atoms with Gasteiger partial charge in [-0.15, -0.1) is 5.10 Å². The molecule has 1 aliphatic heterocycles. The van der Waals surface area contributed by atoms with Gasteiger partial charge in [0.05, 0.1) is 24.2 Å². The zero-order chi connectivity index (χ0) is 25.1. The molecule has 3 heterocycles. The molecule has 2 aromatic carbocycles. The molecule has 0 spiro atoms. The molecule has 0 aliphatic carbocycles. The maximum absolute atomic E-state index is 13.2. The molecule has 1 N–H and O–H groups in total. The van der Waals surface area contributed by atoms with Gasteiger partial charge in [-0.3, -0.25) is 9.69 Å². The minimum Gasteiger partial charge on any atom is -0.377 e. The van der Waals surface area contributed by atoms with E-state index in [9.17, 15) is 4.79 Å². The summed E-state index contributed by atoms with van der Waals surface area (Å²) < 4.78 is 7.88. The molecule has 5 rings (SSSR count). The summed E-state index contributed by atoms with van der Waals surface area (Å²) in [4.78, 5) is 18.6. The van der Waals surface area contributed by atoms with Gasteiger partial charge in [-0.25, -0.2) is 4.68 Å². The first kappa shape index (κ1) is 24.3. The molecule has 4 aromatic rings. The largest absolute Gasteiger partial charge is 0.377 e. The molecule has 0 amide bonds. The quantitative estimate of drug-likeness (QED) is 0.379. The van der Waals surface area contributed by atoms with Crippen LogP contribution in [0.1, 0.15) is 60.3 Å². The van der Waals surface area contributed by atoms with Crippen LogP contribution in [0.3, 0.4) is 0 Å². The summed E-state index contributed by atoms with van der Waals surface area (Å²) in [5, 5.41) is 13.8. The van der Waals surface area contributed by atoms with E-state index in [1.807, 2.05) is 35.9 Å². The Morgan fingerprint density at radius 2 is 2.03 bits per heavy atom. The third-order valence-corrected chi connectivity index (χ3v) is 7.07. The smallest absolute Gasteiger partial charge is 0.252 e. The predicted octanol–water partition coefficient (Wildman–Crippen LogP) is 4.31. The van der Waals surface area contributed by atoms with E-state index in [4.69, 9.17) is 4.74 Å². The predicted molar refractivity (Wildman–Crippen MR) is 140 cm³/mol. The van der Waals surface area contributed by atoms with Crippen molar-refractivity contribution in [1.29, 1.82) is 0 Å². The van der Waals surface area contributed by atoms with Gasteiger partial charge >= 0.3 is 0 Å². The van der Waals surface area contributed by atoms with Gasteiger partial charge in [0.1, 0.15) is 0 Å². The van der Waals surface area contributed by atoms with E-state index in [0.29, 0.717) is 13.1 Å². The second-order valence-corrected chi connectivity index (χ2v) is 9.84. The summed E-state index contributed by atoms with van der Waals surface area (Å²) in [6.45, 7) is 8.87. The average Bonchev–Trinajstić information content (AvgIpc) is 3.54. The summed E-state index contributed by atoms with van der Waals surface area (Å²) in [7, 11) is 0. The molecular weight excluding hydrogens is 452 g/mol. The maximum atomic E-state index is 13.2. The molecule has 0 unspecified atom stereocenters. The Morgan fingerprint density at radius 3 is 2.78 bits per heavy atom. The van der Waals surface area contributed by atoms with E-state index in [2.05, 4.69) is 63.5 Å². The van der Waals surface area contributed by atoms with Crippen molar-refractivity contribution in [3.8, 4) is 0 Å². The van der Waals surface area contributed by atoms with Gasteiger partial charge in [-0.05, 0) is 72.2 Å². The highest BCUT2D eigenvalue weighted by atomic mass is 16.5. The van der Waals surface area contributed by atoms with E-state index in [1.165, 1.54) is 5.56 Å². The van der Waals surface area contributed by atoms with E-state index in [0.717, 1.165) is 65.8 Å². The normalized spacial score (nSPS) is 16.7. The highest BCUT2D eigenvalue weighted by molar-refractivity contribution is 5.82. The number of H-pyrrole nitrogens is 1. The number of hydrogen-bond donors (Lipinski definition) is 1. The van der Waals surface area contributed by atoms with Crippen molar-refractivity contribution < 1.29 is 4.74 Å². The Kier molecular flexibility index (Phi) is 7.25. The van der Waals surface area contributed by atoms with E-state index in [-0.39, 0.29) is 17.7 Å². The number of nitrogens with zero attached hydrogens (tertiary/aromatic N) is 5. The zero-order valence-electron chi connectivity index (χ0n) is 21.3. The molecule has 2 atom stereocenters. The Labute approximate surface area is 211 Å². The molecule has 188 valence electrons. The first-order chi connectivity index (χ1) is 17.5. The summed E-state index contributed by atoms with van der Waals surface area (Å²) in [5.74, 6) is 0.809. The van der Waals surface area contributed by atoms with Crippen LogP contribution in [0.15, 0.2) is 53.3 Å². The number of aromatic nitrogens is 5. The third-order valence-electron chi connectivity index (χ3n) is 7.07. The second kappa shape index (κ2) is 10.7. The summed E-state index contributed by atoms with van der Waals surface area (Å²) >= 11 is 0. The number of pyridine rings is 1. The lowest BCUT2D eigenvalue weighted by atomic mass is 10.0. The number of aryl methyl sites for hydroxylation is 2. The van der Waals surface area contributed by atoms with Crippen molar-refractivity contribution in [2.75, 3.05) is 13.2 Å². The number of nitrogens with one attached hydrogen (secondary N) is 1. The molecule has 1 aliphatic rings. The van der Waals surface area contributed by atoms with Crippen LogP contribution in [-0.4, -0.2) is 49.3 Å². The molecule has 8 nitrogen and oxygen atoms in total. The van der Waals surface area contributed by atoms with Crippen LogP contribution >= 0.6 is 0 Å². The fourth-order valence-corrected chi connectivity index (χ4v) is 5.34. The zero-order valence-corrected chi connectivity index (χ0v) is 21.3. The number of ether oxygens (including phenoxy) is 1. The van der Waals surface area contributed by atoms with Crippen LogP contribution in [0.2, 0.25) is 0 Å². The molecule has 0 bridgehead atoms. The van der Waals surface area contributed by atoms with Crippen molar-refractivity contribution in [1.82, 2.24) is 30.1 Å². The number of tetrazole rings is 1. The molecule has 1 fully saturated rings. The van der Waals surface area contributed by atoms with Crippen LogP contribution in [-0.2, 0) is 17.8 Å². The lowest BCUT2D eigenvalue weighted by molar-refractivity contribution is 0.0489. The van der Waals surface area contributed by atoms with Crippen molar-refractivity contribution >= 4 is 10.9 Å². The van der Waals surface area contributed by atoms with Crippen LogP contribution in [0.25, 0.3) is 10.9 Å². The lowest BCUT2D eigenvalue weighted by Crippen LogP contribution is -2.37. The standard InChI is InChI=1S/C28H34N6O2/c1-4-25(27-30-31-32-34(27)16-21-9-6-5-7-10-21)33(18-24-11-8-12-36-24)17-23-15-22-14-19(2)13-20(3)26(22)29-28(23)35/h5-7,9-10,13-15,24-25H,4,8,11-12,16-18H2,1-3H3,(H,29,35)/t24-,25+/m0/s1. The monoisotopic (exact) mass is 486 g/mol. The molecule has 2 aromatic heterocycles. The van der Waals surface area contributed by atoms with Gasteiger partial charge in [0.15, 0.2) is 5.82 Å². The first-order valence-electron chi connectivity index (χ1n) is 12.8. The highest BCUT2D eigenvalue weighted by Crippen LogP contribution is 2.27.